The van der Waals surface area contributed by atoms with Gasteiger partial charge in [0.2, 0.25) is 5.91 Å². The highest BCUT2D eigenvalue weighted by molar-refractivity contribution is 6.34. The number of halogens is 1. The molecule has 0 fully saturated rings. The van der Waals surface area contributed by atoms with Gasteiger partial charge < -0.3 is 10.2 Å². The van der Waals surface area contributed by atoms with Crippen molar-refractivity contribution in [3.8, 4) is 0 Å². The number of hydrogen-bond acceptors (Lipinski definition) is 4. The third-order valence-corrected chi connectivity index (χ3v) is 4.10. The molecule has 26 heavy (non-hydrogen) atoms. The van der Waals surface area contributed by atoms with Crippen LogP contribution in [0.2, 0.25) is 5.02 Å². The number of nitrogens with one attached hydrogen (secondary N) is 1. The molecule has 0 aromatic heterocycles. The maximum absolute atomic E-state index is 12.4. The van der Waals surface area contributed by atoms with Gasteiger partial charge in [0.25, 0.3) is 11.6 Å². The van der Waals surface area contributed by atoms with Gasteiger partial charge in [-0.05, 0) is 37.1 Å². The summed E-state index contributed by atoms with van der Waals surface area (Å²) in [5, 5.41) is 13.5. The standard InChI is InChI=1S/C18H18ClN3O4/c1-11-4-5-12(2)16(8-11)20-17(23)10-21(3)18(24)14-7-6-13(22(25)26)9-15(14)19/h4-9H,10H2,1-3H3,(H,20,23). The molecule has 136 valence electrons. The zero-order valence-electron chi connectivity index (χ0n) is 14.6. The fourth-order valence-corrected chi connectivity index (χ4v) is 2.60. The highest BCUT2D eigenvalue weighted by Crippen LogP contribution is 2.23. The number of nitro groups is 1. The zero-order valence-corrected chi connectivity index (χ0v) is 15.3. The number of benzene rings is 2. The second-order valence-electron chi connectivity index (χ2n) is 5.95. The number of nitro benzene ring substituents is 1. The maximum Gasteiger partial charge on any atom is 0.270 e. The van der Waals surface area contributed by atoms with E-state index in [1.807, 2.05) is 32.0 Å². The van der Waals surface area contributed by atoms with Crippen LogP contribution < -0.4 is 5.32 Å². The SMILES string of the molecule is Cc1ccc(C)c(NC(=O)CN(C)C(=O)c2ccc([N+](=O)[O-])cc2Cl)c1. The molecule has 0 aliphatic heterocycles. The molecule has 0 aliphatic carbocycles. The Balaban J connectivity index is 2.08. The van der Waals surface area contributed by atoms with Gasteiger partial charge in [-0.1, -0.05) is 23.7 Å². The number of carbonyl (C=O) groups is 2. The van der Waals surface area contributed by atoms with Crippen LogP contribution in [0, 0.1) is 24.0 Å². The molecule has 0 saturated heterocycles. The van der Waals surface area contributed by atoms with Gasteiger partial charge in [-0.15, -0.1) is 0 Å². The molecule has 7 nitrogen and oxygen atoms in total. The van der Waals surface area contributed by atoms with Crippen molar-refractivity contribution in [3.63, 3.8) is 0 Å². The smallest absolute Gasteiger partial charge is 0.270 e. The molecule has 0 atom stereocenters. The number of likely N-dealkylation sites (N-methyl/N-ethyl adjacent to an activating group) is 1. The molecule has 0 aliphatic rings. The van der Waals surface area contributed by atoms with Gasteiger partial charge >= 0.3 is 0 Å². The van der Waals surface area contributed by atoms with Crippen molar-refractivity contribution in [2.75, 3.05) is 18.9 Å². The highest BCUT2D eigenvalue weighted by Gasteiger charge is 2.20. The van der Waals surface area contributed by atoms with E-state index in [9.17, 15) is 19.7 Å². The van der Waals surface area contributed by atoms with Crippen molar-refractivity contribution in [2.24, 2.45) is 0 Å². The average Bonchev–Trinajstić information content (AvgIpc) is 2.57. The largest absolute Gasteiger partial charge is 0.332 e. The molecule has 0 unspecified atom stereocenters. The summed E-state index contributed by atoms with van der Waals surface area (Å²) in [5.74, 6) is -0.853. The molecule has 2 aromatic rings. The first-order valence-corrected chi connectivity index (χ1v) is 8.13. The summed E-state index contributed by atoms with van der Waals surface area (Å²) in [5.41, 5.74) is 2.50. The van der Waals surface area contributed by atoms with Crippen LogP contribution in [0.4, 0.5) is 11.4 Å². The van der Waals surface area contributed by atoms with Crippen LogP contribution in [0.25, 0.3) is 0 Å². The molecule has 1 N–H and O–H groups in total. The van der Waals surface area contributed by atoms with Crippen molar-refractivity contribution in [2.45, 2.75) is 13.8 Å². The first-order valence-electron chi connectivity index (χ1n) is 7.75. The molecule has 2 aromatic carbocycles. The normalized spacial score (nSPS) is 10.3. The van der Waals surface area contributed by atoms with Crippen LogP contribution in [0.15, 0.2) is 36.4 Å². The predicted molar refractivity (Wildman–Crippen MR) is 99.6 cm³/mol. The predicted octanol–water partition coefficient (Wildman–Crippen LogP) is 3.58. The summed E-state index contributed by atoms with van der Waals surface area (Å²) in [4.78, 5) is 36.0. The second-order valence-corrected chi connectivity index (χ2v) is 6.36. The van der Waals surface area contributed by atoms with Crippen LogP contribution in [0.5, 0.6) is 0 Å². The first-order chi connectivity index (χ1) is 12.2. The van der Waals surface area contributed by atoms with E-state index in [1.54, 1.807) is 0 Å². The summed E-state index contributed by atoms with van der Waals surface area (Å²) >= 11 is 5.96. The molecule has 0 saturated carbocycles. The van der Waals surface area contributed by atoms with E-state index in [1.165, 1.54) is 24.1 Å². The molecule has 0 radical (unpaired) electrons. The number of non-ortho nitro benzene ring substituents is 1. The summed E-state index contributed by atoms with van der Waals surface area (Å²) in [6, 6.07) is 9.28. The topological polar surface area (TPSA) is 92.6 Å². The Morgan fingerprint density at radius 3 is 2.50 bits per heavy atom. The van der Waals surface area contributed by atoms with Gasteiger partial charge in [0.1, 0.15) is 0 Å². The Labute approximate surface area is 155 Å². The van der Waals surface area contributed by atoms with Gasteiger partial charge in [0, 0.05) is 24.9 Å². The second kappa shape index (κ2) is 7.97. The van der Waals surface area contributed by atoms with E-state index in [0.29, 0.717) is 5.69 Å². The molecular formula is C18H18ClN3O4. The van der Waals surface area contributed by atoms with Crippen molar-refractivity contribution in [1.82, 2.24) is 4.90 Å². The molecule has 2 rings (SSSR count). The Hall–Kier alpha value is -2.93. The Morgan fingerprint density at radius 2 is 1.88 bits per heavy atom. The minimum absolute atomic E-state index is 0.0361. The molecule has 2 amide bonds. The quantitative estimate of drug-likeness (QED) is 0.638. The Bertz CT molecular complexity index is 883. The number of carbonyl (C=O) groups excluding carboxylic acids is 2. The lowest BCUT2D eigenvalue weighted by molar-refractivity contribution is -0.384. The first kappa shape index (κ1) is 19.4. The molecule has 8 heteroatoms. The fraction of sp³-hybridized carbons (Fsp3) is 0.222. The van der Waals surface area contributed by atoms with E-state index in [0.717, 1.165) is 17.2 Å². The van der Waals surface area contributed by atoms with E-state index >= 15 is 0 Å². The number of aryl methyl sites for hydroxylation is 2. The molecule has 0 bridgehead atoms. The molecular weight excluding hydrogens is 358 g/mol. The zero-order chi connectivity index (χ0) is 19.4. The Morgan fingerprint density at radius 1 is 1.19 bits per heavy atom. The summed E-state index contributed by atoms with van der Waals surface area (Å²) < 4.78 is 0. The summed E-state index contributed by atoms with van der Waals surface area (Å²) in [6.07, 6.45) is 0. The van der Waals surface area contributed by atoms with E-state index in [2.05, 4.69) is 5.32 Å². The van der Waals surface area contributed by atoms with Crippen molar-refractivity contribution in [1.29, 1.82) is 0 Å². The lowest BCUT2D eigenvalue weighted by Crippen LogP contribution is -2.35. The van der Waals surface area contributed by atoms with Crippen LogP contribution in [0.1, 0.15) is 21.5 Å². The summed E-state index contributed by atoms with van der Waals surface area (Å²) in [6.45, 7) is 3.61. The van der Waals surface area contributed by atoms with Crippen LogP contribution in [-0.2, 0) is 4.79 Å². The highest BCUT2D eigenvalue weighted by atomic mass is 35.5. The molecule has 0 spiro atoms. The fourth-order valence-electron chi connectivity index (χ4n) is 2.34. The van der Waals surface area contributed by atoms with Gasteiger partial charge in [0.15, 0.2) is 0 Å². The number of amides is 2. The van der Waals surface area contributed by atoms with Crippen LogP contribution >= 0.6 is 11.6 Å². The lowest BCUT2D eigenvalue weighted by Gasteiger charge is -2.18. The minimum Gasteiger partial charge on any atom is -0.332 e. The monoisotopic (exact) mass is 375 g/mol. The van der Waals surface area contributed by atoms with Crippen molar-refractivity contribution in [3.05, 3.63) is 68.2 Å². The number of anilines is 1. The third kappa shape index (κ3) is 4.58. The van der Waals surface area contributed by atoms with Gasteiger partial charge in [-0.3, -0.25) is 19.7 Å². The van der Waals surface area contributed by atoms with Crippen LogP contribution in [0.3, 0.4) is 0 Å². The van der Waals surface area contributed by atoms with E-state index in [-0.39, 0.29) is 28.7 Å². The number of rotatable bonds is 5. The van der Waals surface area contributed by atoms with Gasteiger partial charge in [-0.25, -0.2) is 0 Å². The molecule has 0 heterocycles. The van der Waals surface area contributed by atoms with Gasteiger partial charge in [0.05, 0.1) is 22.1 Å². The summed E-state index contributed by atoms with van der Waals surface area (Å²) in [7, 11) is 1.46. The van der Waals surface area contributed by atoms with Gasteiger partial charge in [-0.2, -0.15) is 0 Å². The van der Waals surface area contributed by atoms with E-state index < -0.39 is 10.8 Å². The number of nitrogens with zero attached hydrogens (tertiary/aromatic N) is 2. The number of hydrogen-bond donors (Lipinski definition) is 1. The van der Waals surface area contributed by atoms with Crippen molar-refractivity contribution < 1.29 is 14.5 Å². The van der Waals surface area contributed by atoms with E-state index in [4.69, 9.17) is 11.6 Å². The van der Waals surface area contributed by atoms with Crippen molar-refractivity contribution >= 4 is 34.8 Å². The minimum atomic E-state index is -0.596. The Kier molecular flexibility index (Phi) is 5.94. The maximum atomic E-state index is 12.4. The third-order valence-electron chi connectivity index (χ3n) is 3.79. The average molecular weight is 376 g/mol. The lowest BCUT2D eigenvalue weighted by atomic mass is 10.1. The van der Waals surface area contributed by atoms with Crippen LogP contribution in [-0.4, -0.2) is 35.2 Å².